The number of aliphatic hydroxyl groups excluding tert-OH is 1. The van der Waals surface area contributed by atoms with Gasteiger partial charge in [-0.3, -0.25) is 4.90 Å². The predicted octanol–water partition coefficient (Wildman–Crippen LogP) is 3.22. The summed E-state index contributed by atoms with van der Waals surface area (Å²) < 4.78 is 5.67. The van der Waals surface area contributed by atoms with Gasteiger partial charge in [-0.15, -0.1) is 0 Å². The van der Waals surface area contributed by atoms with E-state index in [-0.39, 0.29) is 6.61 Å². The Morgan fingerprint density at radius 3 is 2.50 bits per heavy atom. The molecule has 1 fully saturated rings. The number of hydrogen-bond acceptors (Lipinski definition) is 3. The van der Waals surface area contributed by atoms with Crippen molar-refractivity contribution in [3.8, 4) is 5.75 Å². The third kappa shape index (κ3) is 3.33. The zero-order valence-corrected chi connectivity index (χ0v) is 13.0. The van der Waals surface area contributed by atoms with Gasteiger partial charge in [-0.05, 0) is 75.9 Å². The second kappa shape index (κ2) is 7.09. The first-order chi connectivity index (χ1) is 9.67. The van der Waals surface area contributed by atoms with Crippen LogP contribution in [-0.2, 0) is 0 Å². The first kappa shape index (κ1) is 15.3. The molecule has 112 valence electrons. The van der Waals surface area contributed by atoms with Crippen molar-refractivity contribution in [3.05, 3.63) is 28.8 Å². The highest BCUT2D eigenvalue weighted by Gasteiger charge is 2.24. The molecular weight excluding hydrogens is 250 g/mol. The van der Waals surface area contributed by atoms with Gasteiger partial charge in [-0.2, -0.15) is 0 Å². The van der Waals surface area contributed by atoms with E-state index >= 15 is 0 Å². The van der Waals surface area contributed by atoms with E-state index in [0.29, 0.717) is 12.6 Å². The molecule has 0 aliphatic carbocycles. The van der Waals surface area contributed by atoms with Gasteiger partial charge in [0.05, 0.1) is 6.61 Å². The van der Waals surface area contributed by atoms with E-state index in [1.807, 2.05) is 6.92 Å². The monoisotopic (exact) mass is 277 g/mol. The lowest BCUT2D eigenvalue weighted by Gasteiger charge is -2.29. The summed E-state index contributed by atoms with van der Waals surface area (Å²) in [6.07, 6.45) is 3.36. The summed E-state index contributed by atoms with van der Waals surface area (Å²) in [6.45, 7) is 9.51. The summed E-state index contributed by atoms with van der Waals surface area (Å²) in [6, 6.07) is 4.74. The minimum Gasteiger partial charge on any atom is -0.494 e. The molecule has 0 radical (unpaired) electrons. The number of aliphatic hydroxyl groups is 1. The molecule has 0 saturated carbocycles. The number of aryl methyl sites for hydroxylation is 2. The molecule has 1 atom stereocenters. The summed E-state index contributed by atoms with van der Waals surface area (Å²) >= 11 is 0. The number of hydrogen-bond donors (Lipinski definition) is 1. The summed E-state index contributed by atoms with van der Waals surface area (Å²) in [7, 11) is 0. The molecule has 1 N–H and O–H groups in total. The molecule has 0 amide bonds. The Bertz CT molecular complexity index is 439. The van der Waals surface area contributed by atoms with Crippen LogP contribution in [0, 0.1) is 13.8 Å². The van der Waals surface area contributed by atoms with Crippen LogP contribution in [0.4, 0.5) is 0 Å². The van der Waals surface area contributed by atoms with Crippen LogP contribution in [0.1, 0.15) is 48.9 Å². The third-order valence-corrected chi connectivity index (χ3v) is 4.21. The quantitative estimate of drug-likeness (QED) is 0.866. The van der Waals surface area contributed by atoms with Crippen molar-refractivity contribution in [1.82, 2.24) is 4.90 Å². The largest absolute Gasteiger partial charge is 0.494 e. The van der Waals surface area contributed by atoms with E-state index in [9.17, 15) is 5.11 Å². The molecule has 1 heterocycles. The van der Waals surface area contributed by atoms with Gasteiger partial charge in [0.2, 0.25) is 0 Å². The molecule has 1 aliphatic heterocycles. The van der Waals surface area contributed by atoms with Crippen LogP contribution in [-0.4, -0.2) is 36.3 Å². The van der Waals surface area contributed by atoms with Crippen molar-refractivity contribution >= 4 is 0 Å². The van der Waals surface area contributed by atoms with Crippen LogP contribution >= 0.6 is 0 Å². The van der Waals surface area contributed by atoms with Crippen LogP contribution in [0.5, 0.6) is 5.75 Å². The molecule has 20 heavy (non-hydrogen) atoms. The van der Waals surface area contributed by atoms with Crippen molar-refractivity contribution in [3.63, 3.8) is 0 Å². The number of rotatable bonds is 6. The second-order valence-electron chi connectivity index (χ2n) is 5.68. The van der Waals surface area contributed by atoms with Crippen LogP contribution < -0.4 is 4.74 Å². The average molecular weight is 277 g/mol. The minimum absolute atomic E-state index is 0.243. The fraction of sp³-hybridized carbons (Fsp3) is 0.647. The lowest BCUT2D eigenvalue weighted by atomic mass is 9.95. The Hall–Kier alpha value is -1.06. The molecule has 1 aromatic rings. The van der Waals surface area contributed by atoms with Crippen molar-refractivity contribution in [2.45, 2.75) is 46.1 Å². The number of nitrogens with zero attached hydrogens (tertiary/aromatic N) is 1. The van der Waals surface area contributed by atoms with Gasteiger partial charge >= 0.3 is 0 Å². The summed E-state index contributed by atoms with van der Waals surface area (Å²) in [5, 5.41) is 9.41. The van der Waals surface area contributed by atoms with Gasteiger partial charge < -0.3 is 9.84 Å². The Kier molecular flexibility index (Phi) is 5.44. The smallest absolute Gasteiger partial charge is 0.122 e. The Morgan fingerprint density at radius 2 is 1.90 bits per heavy atom. The lowest BCUT2D eigenvalue weighted by molar-refractivity contribution is 0.185. The van der Waals surface area contributed by atoms with Gasteiger partial charge in [-0.25, -0.2) is 0 Å². The average Bonchev–Trinajstić information content (AvgIpc) is 2.94. The van der Waals surface area contributed by atoms with Gasteiger partial charge in [0.15, 0.2) is 0 Å². The van der Waals surface area contributed by atoms with E-state index in [1.54, 1.807) is 0 Å². The normalized spacial score (nSPS) is 17.4. The van der Waals surface area contributed by atoms with Crippen LogP contribution in [0.3, 0.4) is 0 Å². The van der Waals surface area contributed by atoms with Crippen LogP contribution in [0.2, 0.25) is 0 Å². The molecule has 1 aromatic carbocycles. The molecule has 1 saturated heterocycles. The lowest BCUT2D eigenvalue weighted by Crippen LogP contribution is -2.27. The van der Waals surface area contributed by atoms with Crippen LogP contribution in [0.25, 0.3) is 0 Å². The zero-order chi connectivity index (χ0) is 14.5. The highest BCUT2D eigenvalue weighted by atomic mass is 16.5. The maximum Gasteiger partial charge on any atom is 0.122 e. The Labute approximate surface area is 122 Å². The van der Waals surface area contributed by atoms with Crippen molar-refractivity contribution in [1.29, 1.82) is 0 Å². The predicted molar refractivity (Wildman–Crippen MR) is 82.3 cm³/mol. The fourth-order valence-corrected chi connectivity index (χ4v) is 3.19. The molecule has 0 bridgehead atoms. The summed E-state index contributed by atoms with van der Waals surface area (Å²) in [5.74, 6) is 0.984. The molecule has 0 aromatic heterocycles. The Balaban J connectivity index is 2.30. The third-order valence-electron chi connectivity index (χ3n) is 4.21. The minimum atomic E-state index is 0.243. The van der Waals surface area contributed by atoms with E-state index in [1.165, 1.54) is 29.5 Å². The van der Waals surface area contributed by atoms with Crippen molar-refractivity contribution in [2.75, 3.05) is 26.3 Å². The molecule has 1 aliphatic rings. The topological polar surface area (TPSA) is 32.7 Å². The van der Waals surface area contributed by atoms with Gasteiger partial charge in [0.1, 0.15) is 5.75 Å². The number of likely N-dealkylation sites (tertiary alicyclic amines) is 1. The van der Waals surface area contributed by atoms with Gasteiger partial charge in [0.25, 0.3) is 0 Å². The second-order valence-corrected chi connectivity index (χ2v) is 5.68. The van der Waals surface area contributed by atoms with E-state index < -0.39 is 0 Å². The molecule has 1 unspecified atom stereocenters. The molecule has 3 nitrogen and oxygen atoms in total. The van der Waals surface area contributed by atoms with Crippen LogP contribution in [0.15, 0.2) is 12.1 Å². The first-order valence-corrected chi connectivity index (χ1v) is 7.76. The highest BCUT2D eigenvalue weighted by Crippen LogP contribution is 2.33. The number of ether oxygens (including phenoxy) is 1. The maximum absolute atomic E-state index is 9.41. The number of benzene rings is 1. The van der Waals surface area contributed by atoms with Gasteiger partial charge in [0, 0.05) is 12.6 Å². The van der Waals surface area contributed by atoms with Crippen molar-refractivity contribution < 1.29 is 9.84 Å². The molecule has 3 heteroatoms. The molecule has 2 rings (SSSR count). The molecule has 0 spiro atoms. The first-order valence-electron chi connectivity index (χ1n) is 7.76. The van der Waals surface area contributed by atoms with E-state index in [4.69, 9.17) is 4.74 Å². The van der Waals surface area contributed by atoms with Gasteiger partial charge in [-0.1, -0.05) is 6.07 Å². The molecular formula is C17H27NO2. The van der Waals surface area contributed by atoms with E-state index in [0.717, 1.165) is 25.3 Å². The highest BCUT2D eigenvalue weighted by molar-refractivity contribution is 5.43. The summed E-state index contributed by atoms with van der Waals surface area (Å²) in [5.41, 5.74) is 3.81. The zero-order valence-electron chi connectivity index (χ0n) is 13.0. The maximum atomic E-state index is 9.41. The SMILES string of the molecule is CCOc1cc(C)c(C(CCO)N2CCCC2)cc1C. The standard InChI is InChI=1S/C17H27NO2/c1-4-20-17-12-13(2)15(11-14(17)3)16(7-10-19)18-8-5-6-9-18/h11-12,16,19H,4-10H2,1-3H3. The fourth-order valence-electron chi connectivity index (χ4n) is 3.19. The summed E-state index contributed by atoms with van der Waals surface area (Å²) in [4.78, 5) is 2.51. The van der Waals surface area contributed by atoms with E-state index in [2.05, 4.69) is 30.9 Å². The Morgan fingerprint density at radius 1 is 1.20 bits per heavy atom. The van der Waals surface area contributed by atoms with Crippen molar-refractivity contribution in [2.24, 2.45) is 0 Å².